The zero-order valence-electron chi connectivity index (χ0n) is 10.8. The van der Waals surface area contributed by atoms with Crippen molar-refractivity contribution in [2.45, 2.75) is 6.92 Å². The summed E-state index contributed by atoms with van der Waals surface area (Å²) in [6.07, 6.45) is 0. The van der Waals surface area contributed by atoms with Gasteiger partial charge < -0.3 is 15.4 Å². The molecule has 0 unspecified atom stereocenters. The molecule has 0 heterocycles. The molecule has 0 aliphatic heterocycles. The number of hydrogen-bond acceptors (Lipinski definition) is 3. The Kier molecular flexibility index (Phi) is 4.17. The van der Waals surface area contributed by atoms with E-state index in [1.54, 1.807) is 18.2 Å². The second-order valence-corrected chi connectivity index (χ2v) is 4.44. The number of carbonyl (C=O) groups excluding carboxylic acids is 1. The highest BCUT2D eigenvalue weighted by atomic mass is 19.1. The number of benzene rings is 2. The van der Waals surface area contributed by atoms with Crippen LogP contribution in [0.4, 0.5) is 10.1 Å². The number of amides is 1. The lowest BCUT2D eigenvalue weighted by Crippen LogP contribution is -2.31. The van der Waals surface area contributed by atoms with Crippen LogP contribution in [-0.2, 0) is 0 Å². The standard InChI is InChI=1S/C14H13BFNO3/c1-9-3-2-4-11(7-9)17-14(18)12-8-10(15(19)20)5-6-13(12)16/h2-8,19-20H,1H3,(H,17,18). The highest BCUT2D eigenvalue weighted by molar-refractivity contribution is 6.58. The maximum absolute atomic E-state index is 13.6. The summed E-state index contributed by atoms with van der Waals surface area (Å²) < 4.78 is 13.6. The summed E-state index contributed by atoms with van der Waals surface area (Å²) in [6.45, 7) is 1.87. The van der Waals surface area contributed by atoms with E-state index in [0.29, 0.717) is 5.69 Å². The molecule has 2 aromatic carbocycles. The SMILES string of the molecule is Cc1cccc(NC(=O)c2cc(B(O)O)ccc2F)c1. The molecule has 2 rings (SSSR count). The molecule has 2 aromatic rings. The van der Waals surface area contributed by atoms with Crippen LogP contribution in [0.15, 0.2) is 42.5 Å². The first-order valence-electron chi connectivity index (χ1n) is 6.01. The molecule has 0 atom stereocenters. The van der Waals surface area contributed by atoms with Crippen LogP contribution in [0.5, 0.6) is 0 Å². The van der Waals surface area contributed by atoms with Crippen LogP contribution >= 0.6 is 0 Å². The monoisotopic (exact) mass is 273 g/mol. The third kappa shape index (κ3) is 3.23. The molecule has 0 radical (unpaired) electrons. The van der Waals surface area contributed by atoms with Gasteiger partial charge in [-0.15, -0.1) is 0 Å². The maximum atomic E-state index is 13.6. The number of carbonyl (C=O) groups is 1. The molecule has 0 saturated carbocycles. The van der Waals surface area contributed by atoms with Gasteiger partial charge in [0.15, 0.2) is 0 Å². The molecule has 6 heteroatoms. The van der Waals surface area contributed by atoms with Crippen molar-refractivity contribution in [3.05, 3.63) is 59.4 Å². The van der Waals surface area contributed by atoms with Gasteiger partial charge in [-0.25, -0.2) is 4.39 Å². The van der Waals surface area contributed by atoms with Gasteiger partial charge in [0.2, 0.25) is 0 Å². The van der Waals surface area contributed by atoms with E-state index in [2.05, 4.69) is 5.32 Å². The molecule has 0 aliphatic rings. The Morgan fingerprint density at radius 1 is 1.20 bits per heavy atom. The molecular weight excluding hydrogens is 260 g/mol. The number of rotatable bonds is 3. The van der Waals surface area contributed by atoms with Crippen molar-refractivity contribution >= 4 is 24.2 Å². The fraction of sp³-hybridized carbons (Fsp3) is 0.0714. The molecule has 4 nitrogen and oxygen atoms in total. The van der Waals surface area contributed by atoms with Crippen LogP contribution in [0.2, 0.25) is 0 Å². The summed E-state index contributed by atoms with van der Waals surface area (Å²) in [6, 6.07) is 10.4. The Morgan fingerprint density at radius 3 is 2.60 bits per heavy atom. The normalized spacial score (nSPS) is 10.2. The molecule has 0 saturated heterocycles. The van der Waals surface area contributed by atoms with E-state index in [4.69, 9.17) is 10.0 Å². The van der Waals surface area contributed by atoms with Gasteiger partial charge in [0.25, 0.3) is 5.91 Å². The molecule has 0 fully saturated rings. The Morgan fingerprint density at radius 2 is 1.95 bits per heavy atom. The Bertz CT molecular complexity index is 646. The zero-order valence-corrected chi connectivity index (χ0v) is 10.8. The molecule has 0 spiro atoms. The van der Waals surface area contributed by atoms with Crippen molar-refractivity contribution in [1.29, 1.82) is 0 Å². The topological polar surface area (TPSA) is 69.6 Å². The molecule has 1 amide bonds. The van der Waals surface area contributed by atoms with E-state index in [9.17, 15) is 9.18 Å². The van der Waals surface area contributed by atoms with Gasteiger partial charge in [-0.2, -0.15) is 0 Å². The van der Waals surface area contributed by atoms with Crippen LogP contribution in [0.1, 0.15) is 15.9 Å². The van der Waals surface area contributed by atoms with E-state index in [0.717, 1.165) is 17.7 Å². The fourth-order valence-corrected chi connectivity index (χ4v) is 1.80. The Hall–Kier alpha value is -2.18. The number of aryl methyl sites for hydroxylation is 1. The Labute approximate surface area is 116 Å². The van der Waals surface area contributed by atoms with Crippen molar-refractivity contribution in [2.75, 3.05) is 5.32 Å². The number of hydrogen-bond donors (Lipinski definition) is 3. The average Bonchev–Trinajstić information content (AvgIpc) is 2.38. The minimum absolute atomic E-state index is 0.0563. The molecule has 0 aromatic heterocycles. The van der Waals surface area contributed by atoms with Gasteiger partial charge in [0.1, 0.15) is 5.82 Å². The summed E-state index contributed by atoms with van der Waals surface area (Å²) in [5.74, 6) is -1.37. The smallest absolute Gasteiger partial charge is 0.423 e. The lowest BCUT2D eigenvalue weighted by Gasteiger charge is -2.08. The van der Waals surface area contributed by atoms with Crippen molar-refractivity contribution in [3.8, 4) is 0 Å². The lowest BCUT2D eigenvalue weighted by molar-refractivity contribution is 0.102. The highest BCUT2D eigenvalue weighted by Gasteiger charge is 2.17. The predicted octanol–water partition coefficient (Wildman–Crippen LogP) is 1.07. The van der Waals surface area contributed by atoms with Crippen molar-refractivity contribution < 1.29 is 19.2 Å². The van der Waals surface area contributed by atoms with Gasteiger partial charge >= 0.3 is 7.12 Å². The first kappa shape index (κ1) is 14.2. The summed E-state index contributed by atoms with van der Waals surface area (Å²) in [5.41, 5.74) is 1.32. The average molecular weight is 273 g/mol. The van der Waals surface area contributed by atoms with E-state index in [1.165, 1.54) is 6.07 Å². The quantitative estimate of drug-likeness (QED) is 0.732. The highest BCUT2D eigenvalue weighted by Crippen LogP contribution is 2.13. The minimum atomic E-state index is -1.75. The van der Waals surface area contributed by atoms with E-state index >= 15 is 0 Å². The van der Waals surface area contributed by atoms with Crippen molar-refractivity contribution in [2.24, 2.45) is 0 Å². The minimum Gasteiger partial charge on any atom is -0.423 e. The summed E-state index contributed by atoms with van der Waals surface area (Å²) in [4.78, 5) is 12.0. The zero-order chi connectivity index (χ0) is 14.7. The maximum Gasteiger partial charge on any atom is 0.488 e. The largest absolute Gasteiger partial charge is 0.488 e. The summed E-state index contributed by atoms with van der Waals surface area (Å²) in [5, 5.41) is 20.7. The second-order valence-electron chi connectivity index (χ2n) is 4.44. The van der Waals surface area contributed by atoms with Gasteiger partial charge in [-0.1, -0.05) is 18.2 Å². The number of nitrogens with one attached hydrogen (secondary N) is 1. The van der Waals surface area contributed by atoms with Gasteiger partial charge in [0.05, 0.1) is 5.56 Å². The third-order valence-corrected chi connectivity index (χ3v) is 2.81. The summed E-state index contributed by atoms with van der Waals surface area (Å²) >= 11 is 0. The van der Waals surface area contributed by atoms with Crippen LogP contribution < -0.4 is 10.8 Å². The van der Waals surface area contributed by atoms with E-state index in [-0.39, 0.29) is 11.0 Å². The Balaban J connectivity index is 2.27. The molecule has 0 aliphatic carbocycles. The first-order valence-corrected chi connectivity index (χ1v) is 6.01. The molecule has 102 valence electrons. The van der Waals surface area contributed by atoms with Gasteiger partial charge in [-0.3, -0.25) is 4.79 Å². The first-order chi connectivity index (χ1) is 9.47. The van der Waals surface area contributed by atoms with Gasteiger partial charge in [-0.05, 0) is 42.2 Å². The van der Waals surface area contributed by atoms with Crippen molar-refractivity contribution in [1.82, 2.24) is 0 Å². The van der Waals surface area contributed by atoms with E-state index < -0.39 is 18.8 Å². The molecule has 3 N–H and O–H groups in total. The number of anilines is 1. The lowest BCUT2D eigenvalue weighted by atomic mass is 9.79. The molecule has 20 heavy (non-hydrogen) atoms. The van der Waals surface area contributed by atoms with Crippen LogP contribution in [-0.4, -0.2) is 23.1 Å². The van der Waals surface area contributed by atoms with Crippen LogP contribution in [0, 0.1) is 12.7 Å². The summed E-state index contributed by atoms with van der Waals surface area (Å²) in [7, 11) is -1.75. The second kappa shape index (κ2) is 5.86. The molecule has 0 bridgehead atoms. The molecular formula is C14H13BFNO3. The van der Waals surface area contributed by atoms with Crippen molar-refractivity contribution in [3.63, 3.8) is 0 Å². The third-order valence-electron chi connectivity index (χ3n) is 2.81. The van der Waals surface area contributed by atoms with E-state index in [1.807, 2.05) is 13.0 Å². The van der Waals surface area contributed by atoms with Crippen LogP contribution in [0.25, 0.3) is 0 Å². The predicted molar refractivity (Wildman–Crippen MR) is 75.4 cm³/mol. The van der Waals surface area contributed by atoms with Crippen LogP contribution in [0.3, 0.4) is 0 Å². The number of halogens is 1. The van der Waals surface area contributed by atoms with Gasteiger partial charge in [0, 0.05) is 5.69 Å². The fourth-order valence-electron chi connectivity index (χ4n) is 1.80.